The minimum atomic E-state index is 0.138. The van der Waals surface area contributed by atoms with Crippen molar-refractivity contribution in [2.75, 3.05) is 33.2 Å². The van der Waals surface area contributed by atoms with E-state index in [2.05, 4.69) is 18.9 Å². The predicted octanol–water partition coefficient (Wildman–Crippen LogP) is 0.964. The fourth-order valence-electron chi connectivity index (χ4n) is 2.63. The van der Waals surface area contributed by atoms with Crippen LogP contribution in [-0.2, 0) is 6.42 Å². The van der Waals surface area contributed by atoms with Crippen molar-refractivity contribution in [1.82, 2.24) is 9.80 Å². The summed E-state index contributed by atoms with van der Waals surface area (Å²) in [6.07, 6.45) is 0.819. The number of likely N-dealkylation sites (N-methyl/N-ethyl adjacent to an activating group) is 1. The van der Waals surface area contributed by atoms with E-state index in [0.29, 0.717) is 6.54 Å². The number of benzene rings is 1. The number of carbonyl (C=O) groups is 1. The number of nitrogens with zero attached hydrogens (tertiary/aromatic N) is 2. The van der Waals surface area contributed by atoms with Crippen LogP contribution in [0.5, 0.6) is 0 Å². The van der Waals surface area contributed by atoms with Crippen LogP contribution in [0.25, 0.3) is 0 Å². The van der Waals surface area contributed by atoms with Gasteiger partial charge in [-0.3, -0.25) is 4.79 Å². The predicted molar refractivity (Wildman–Crippen MR) is 77.2 cm³/mol. The smallest absolute Gasteiger partial charge is 0.254 e. The average Bonchev–Trinajstić information content (AvgIpc) is 2.39. The van der Waals surface area contributed by atoms with Gasteiger partial charge in [-0.25, -0.2) is 0 Å². The molecule has 1 atom stereocenters. The summed E-state index contributed by atoms with van der Waals surface area (Å²) in [5.74, 6) is 0.138. The van der Waals surface area contributed by atoms with E-state index >= 15 is 0 Å². The number of rotatable bonds is 3. The largest absolute Gasteiger partial charge is 0.333 e. The molecule has 104 valence electrons. The Morgan fingerprint density at radius 3 is 2.89 bits per heavy atom. The van der Waals surface area contributed by atoms with Gasteiger partial charge in [0.15, 0.2) is 0 Å². The van der Waals surface area contributed by atoms with E-state index in [1.165, 1.54) is 0 Å². The minimum Gasteiger partial charge on any atom is -0.333 e. The Kier molecular flexibility index (Phi) is 4.56. The van der Waals surface area contributed by atoms with Crippen LogP contribution in [0.15, 0.2) is 24.3 Å². The molecule has 1 fully saturated rings. The summed E-state index contributed by atoms with van der Waals surface area (Å²) in [6.45, 7) is 5.41. The van der Waals surface area contributed by atoms with Gasteiger partial charge in [0.2, 0.25) is 0 Å². The molecule has 4 nitrogen and oxygen atoms in total. The van der Waals surface area contributed by atoms with E-state index in [0.717, 1.165) is 37.2 Å². The first-order valence-corrected chi connectivity index (χ1v) is 6.90. The molecule has 2 rings (SSSR count). The van der Waals surface area contributed by atoms with Gasteiger partial charge in [-0.1, -0.05) is 12.1 Å². The lowest BCUT2D eigenvalue weighted by Gasteiger charge is -2.38. The van der Waals surface area contributed by atoms with Crippen LogP contribution in [0.2, 0.25) is 0 Å². The normalized spacial score (nSPS) is 20.6. The Morgan fingerprint density at radius 2 is 2.21 bits per heavy atom. The zero-order valence-electron chi connectivity index (χ0n) is 11.8. The van der Waals surface area contributed by atoms with E-state index in [-0.39, 0.29) is 11.9 Å². The Bertz CT molecular complexity index is 447. The second-order valence-corrected chi connectivity index (χ2v) is 5.35. The van der Waals surface area contributed by atoms with E-state index in [9.17, 15) is 4.79 Å². The topological polar surface area (TPSA) is 49.6 Å². The first-order valence-electron chi connectivity index (χ1n) is 6.90. The third kappa shape index (κ3) is 3.33. The highest BCUT2D eigenvalue weighted by Crippen LogP contribution is 2.14. The fraction of sp³-hybridized carbons (Fsp3) is 0.533. The Morgan fingerprint density at radius 1 is 1.42 bits per heavy atom. The standard InChI is InChI=1S/C15H23N3O/c1-12-11-17(2)8-9-18(12)15(19)14-5-3-4-13(10-14)6-7-16/h3-5,10,12H,6-9,11,16H2,1-2H3. The Labute approximate surface area is 115 Å². The van der Waals surface area contributed by atoms with Gasteiger partial charge in [0.1, 0.15) is 0 Å². The molecule has 1 aliphatic rings. The van der Waals surface area contributed by atoms with Crippen molar-refractivity contribution in [1.29, 1.82) is 0 Å². The molecule has 1 aromatic rings. The molecule has 0 saturated carbocycles. The summed E-state index contributed by atoms with van der Waals surface area (Å²) in [6, 6.07) is 8.10. The van der Waals surface area contributed by atoms with E-state index in [4.69, 9.17) is 5.73 Å². The van der Waals surface area contributed by atoms with E-state index in [1.807, 2.05) is 29.2 Å². The maximum absolute atomic E-state index is 12.5. The van der Waals surface area contributed by atoms with Crippen molar-refractivity contribution in [2.24, 2.45) is 5.73 Å². The van der Waals surface area contributed by atoms with Crippen LogP contribution in [0.3, 0.4) is 0 Å². The van der Waals surface area contributed by atoms with Gasteiger partial charge in [0, 0.05) is 31.2 Å². The molecule has 0 aliphatic carbocycles. The highest BCUT2D eigenvalue weighted by atomic mass is 16.2. The van der Waals surface area contributed by atoms with Crippen molar-refractivity contribution in [3.63, 3.8) is 0 Å². The number of hydrogen-bond acceptors (Lipinski definition) is 3. The fourth-order valence-corrected chi connectivity index (χ4v) is 2.63. The van der Waals surface area contributed by atoms with Crippen molar-refractivity contribution < 1.29 is 4.79 Å². The lowest BCUT2D eigenvalue weighted by molar-refractivity contribution is 0.0533. The van der Waals surface area contributed by atoms with Crippen LogP contribution >= 0.6 is 0 Å². The van der Waals surface area contributed by atoms with Gasteiger partial charge >= 0.3 is 0 Å². The molecule has 1 unspecified atom stereocenters. The van der Waals surface area contributed by atoms with Gasteiger partial charge < -0.3 is 15.5 Å². The highest BCUT2D eigenvalue weighted by Gasteiger charge is 2.26. The first-order chi connectivity index (χ1) is 9.11. The third-order valence-corrected chi connectivity index (χ3v) is 3.70. The van der Waals surface area contributed by atoms with Crippen LogP contribution in [-0.4, -0.2) is 55.0 Å². The quantitative estimate of drug-likeness (QED) is 0.882. The average molecular weight is 261 g/mol. The number of piperazine rings is 1. The molecular formula is C15H23N3O. The van der Waals surface area contributed by atoms with Crippen LogP contribution in [0.1, 0.15) is 22.8 Å². The Hall–Kier alpha value is -1.39. The Balaban J connectivity index is 2.12. The molecular weight excluding hydrogens is 238 g/mol. The second kappa shape index (κ2) is 6.17. The molecule has 1 aromatic carbocycles. The highest BCUT2D eigenvalue weighted by molar-refractivity contribution is 5.94. The zero-order valence-corrected chi connectivity index (χ0v) is 11.8. The second-order valence-electron chi connectivity index (χ2n) is 5.35. The van der Waals surface area contributed by atoms with Gasteiger partial charge in [0.05, 0.1) is 0 Å². The molecule has 4 heteroatoms. The number of hydrogen-bond donors (Lipinski definition) is 1. The molecule has 1 aliphatic heterocycles. The van der Waals surface area contributed by atoms with Gasteiger partial charge in [-0.15, -0.1) is 0 Å². The van der Waals surface area contributed by atoms with Gasteiger partial charge in [-0.05, 0) is 44.6 Å². The van der Waals surface area contributed by atoms with E-state index in [1.54, 1.807) is 0 Å². The summed E-state index contributed by atoms with van der Waals surface area (Å²) in [4.78, 5) is 16.8. The van der Waals surface area contributed by atoms with Crippen molar-refractivity contribution in [3.05, 3.63) is 35.4 Å². The SMILES string of the molecule is CC1CN(C)CCN1C(=O)c1cccc(CCN)c1. The molecule has 0 aromatic heterocycles. The van der Waals surface area contributed by atoms with Gasteiger partial charge in [-0.2, -0.15) is 0 Å². The van der Waals surface area contributed by atoms with Crippen molar-refractivity contribution >= 4 is 5.91 Å². The molecule has 2 N–H and O–H groups in total. The zero-order chi connectivity index (χ0) is 13.8. The number of amides is 1. The number of carbonyl (C=O) groups excluding carboxylic acids is 1. The molecule has 19 heavy (non-hydrogen) atoms. The molecule has 1 heterocycles. The monoisotopic (exact) mass is 261 g/mol. The van der Waals surface area contributed by atoms with Crippen molar-refractivity contribution in [2.45, 2.75) is 19.4 Å². The third-order valence-electron chi connectivity index (χ3n) is 3.70. The number of nitrogens with two attached hydrogens (primary N) is 1. The summed E-state index contributed by atoms with van der Waals surface area (Å²) in [5, 5.41) is 0. The molecule has 0 bridgehead atoms. The summed E-state index contributed by atoms with van der Waals surface area (Å²) in [5.41, 5.74) is 7.48. The summed E-state index contributed by atoms with van der Waals surface area (Å²) in [7, 11) is 2.10. The van der Waals surface area contributed by atoms with Crippen molar-refractivity contribution in [3.8, 4) is 0 Å². The van der Waals surface area contributed by atoms with Crippen LogP contribution in [0, 0.1) is 0 Å². The van der Waals surface area contributed by atoms with E-state index < -0.39 is 0 Å². The van der Waals surface area contributed by atoms with Crippen LogP contribution in [0.4, 0.5) is 0 Å². The minimum absolute atomic E-state index is 0.138. The summed E-state index contributed by atoms with van der Waals surface area (Å²) >= 11 is 0. The summed E-state index contributed by atoms with van der Waals surface area (Å²) < 4.78 is 0. The first kappa shape index (κ1) is 14.0. The molecule has 1 amide bonds. The maximum atomic E-state index is 12.5. The molecule has 0 spiro atoms. The molecule has 0 radical (unpaired) electrons. The lowest BCUT2D eigenvalue weighted by Crippen LogP contribution is -2.52. The maximum Gasteiger partial charge on any atom is 0.254 e. The molecule has 1 saturated heterocycles. The lowest BCUT2D eigenvalue weighted by atomic mass is 10.1. The van der Waals surface area contributed by atoms with Gasteiger partial charge in [0.25, 0.3) is 5.91 Å². The van der Waals surface area contributed by atoms with Crippen LogP contribution < -0.4 is 5.73 Å².